The highest BCUT2D eigenvalue weighted by molar-refractivity contribution is 5.87. The molecule has 0 fully saturated rings. The predicted molar refractivity (Wildman–Crippen MR) is 572 cm³/mol. The molecule has 7 heteroatoms. The van der Waals surface area contributed by atoms with Crippen molar-refractivity contribution in [2.75, 3.05) is 0 Å². The van der Waals surface area contributed by atoms with E-state index in [2.05, 4.69) is 438 Å². The number of aromatic nitrogens is 7. The highest BCUT2D eigenvalue weighted by Gasteiger charge is 2.38. The summed E-state index contributed by atoms with van der Waals surface area (Å²) in [6.07, 6.45) is 0. The SMILES string of the molecule is Cc1cc(-c2ccccc2)nc(-c2ccccc2)c1.Cc1ccc(-c2cc(-c3ccccc3)nc(-c3ccccc3)c2)cc1.Cc1ccc2c(c1)C(C)(C)c1cc(-c3cc(-c4ccccc4)nc(-c4ccccc4)n3)ccc1-2.Cc1ccc2c(c1)C(C)(C)c1cc(-c3nc(-c4ccccc4)cc(-c4ccccc4)n3)ccc1-2.Cc1cccc(-c2cc(-c3ccccc3)nc(-c3ccccc3)c2)c1. The van der Waals surface area contributed by atoms with Crippen molar-refractivity contribution in [3.05, 3.63) is 523 Å². The van der Waals surface area contributed by atoms with Crippen molar-refractivity contribution in [1.29, 1.82) is 0 Å². The molecule has 2 aliphatic carbocycles. The van der Waals surface area contributed by atoms with Gasteiger partial charge in [-0.15, -0.1) is 0 Å². The summed E-state index contributed by atoms with van der Waals surface area (Å²) in [5, 5.41) is 0. The van der Waals surface area contributed by atoms with Gasteiger partial charge in [-0.1, -0.05) is 462 Å². The molecule has 7 nitrogen and oxygen atoms in total. The summed E-state index contributed by atoms with van der Waals surface area (Å²) >= 11 is 0. The molecule has 0 atom stereocenters. The maximum Gasteiger partial charge on any atom is 0.160 e. The minimum absolute atomic E-state index is 0.0513. The van der Waals surface area contributed by atoms with E-state index in [1.165, 1.54) is 94.6 Å². The van der Waals surface area contributed by atoms with Crippen molar-refractivity contribution < 1.29 is 0 Å². The van der Waals surface area contributed by atoms with Crippen LogP contribution in [0.25, 0.3) is 180 Å². The van der Waals surface area contributed by atoms with E-state index in [1.807, 2.05) is 97.1 Å². The fourth-order valence-corrected chi connectivity index (χ4v) is 18.3. The zero-order valence-electron chi connectivity index (χ0n) is 78.7. The predicted octanol–water partition coefficient (Wildman–Crippen LogP) is 33.7. The molecule has 5 heterocycles. The van der Waals surface area contributed by atoms with Crippen molar-refractivity contribution in [3.8, 4) is 180 Å². The topological polar surface area (TPSA) is 90.2 Å². The first-order valence-electron chi connectivity index (χ1n) is 47.0. The van der Waals surface area contributed by atoms with Gasteiger partial charge in [-0.2, -0.15) is 0 Å². The second-order valence-corrected chi connectivity index (χ2v) is 36.4. The molecule has 23 rings (SSSR count). The Morgan fingerprint density at radius 3 is 0.679 bits per heavy atom. The fourth-order valence-electron chi connectivity index (χ4n) is 18.3. The van der Waals surface area contributed by atoms with Gasteiger partial charge in [0.1, 0.15) is 0 Å². The van der Waals surface area contributed by atoms with Gasteiger partial charge in [0.15, 0.2) is 11.6 Å². The van der Waals surface area contributed by atoms with Crippen molar-refractivity contribution in [2.24, 2.45) is 0 Å². The third-order valence-corrected chi connectivity index (χ3v) is 25.7. The molecule has 0 amide bonds. The van der Waals surface area contributed by atoms with Crippen molar-refractivity contribution in [1.82, 2.24) is 34.9 Å². The Morgan fingerprint density at radius 1 is 0.131 bits per heavy atom. The number of fused-ring (bicyclic) bond motifs is 6. The molecule has 21 aromatic rings. The van der Waals surface area contributed by atoms with E-state index < -0.39 is 0 Å². The summed E-state index contributed by atoms with van der Waals surface area (Å²) in [6, 6.07) is 165. The normalized spacial score (nSPS) is 11.9. The van der Waals surface area contributed by atoms with Crippen LogP contribution in [0.2, 0.25) is 0 Å². The molecule has 2 aliphatic rings. The van der Waals surface area contributed by atoms with Crippen LogP contribution < -0.4 is 0 Å². The first-order valence-corrected chi connectivity index (χ1v) is 47.0. The van der Waals surface area contributed by atoms with Gasteiger partial charge in [-0.05, 0) is 168 Å². The highest BCUT2D eigenvalue weighted by Crippen LogP contribution is 2.52. The number of hydrogen-bond donors (Lipinski definition) is 0. The van der Waals surface area contributed by atoms with Crippen LogP contribution in [-0.2, 0) is 10.8 Å². The molecular weight excluding hydrogens is 1660 g/mol. The average Bonchev–Trinajstić information content (AvgIpc) is 1.58. The van der Waals surface area contributed by atoms with Crippen LogP contribution in [0.5, 0.6) is 0 Å². The smallest absolute Gasteiger partial charge is 0.160 e. The Morgan fingerprint density at radius 2 is 0.358 bits per heavy atom. The largest absolute Gasteiger partial charge is 0.248 e. The molecule has 0 spiro atoms. The fraction of sp³-hybridized carbons (Fsp3) is 0.0846. The molecule has 0 radical (unpaired) electrons. The van der Waals surface area contributed by atoms with Gasteiger partial charge in [0.2, 0.25) is 0 Å². The number of aryl methyl sites for hydroxylation is 5. The van der Waals surface area contributed by atoms with Crippen LogP contribution in [0, 0.1) is 34.6 Å². The number of nitrogens with zero attached hydrogens (tertiary/aromatic N) is 7. The Kier molecular flexibility index (Phi) is 26.3. The van der Waals surface area contributed by atoms with E-state index >= 15 is 0 Å². The lowest BCUT2D eigenvalue weighted by atomic mass is 9.81. The molecule has 0 saturated heterocycles. The molecule has 0 bridgehead atoms. The molecule has 16 aromatic carbocycles. The third-order valence-electron chi connectivity index (χ3n) is 25.7. The minimum Gasteiger partial charge on any atom is -0.248 e. The molecule has 0 saturated carbocycles. The van der Waals surface area contributed by atoms with Crippen molar-refractivity contribution in [2.45, 2.75) is 73.1 Å². The van der Waals surface area contributed by atoms with Gasteiger partial charge in [0.05, 0.1) is 56.9 Å². The highest BCUT2D eigenvalue weighted by atomic mass is 14.9. The van der Waals surface area contributed by atoms with Gasteiger partial charge in [-0.25, -0.2) is 34.9 Å². The number of hydrogen-bond acceptors (Lipinski definition) is 7. The third kappa shape index (κ3) is 20.4. The minimum atomic E-state index is -0.0635. The van der Waals surface area contributed by atoms with E-state index in [1.54, 1.807) is 0 Å². The van der Waals surface area contributed by atoms with E-state index in [0.717, 1.165) is 135 Å². The quantitative estimate of drug-likeness (QED) is 0.107. The van der Waals surface area contributed by atoms with Gasteiger partial charge in [0, 0.05) is 77.6 Å². The summed E-state index contributed by atoms with van der Waals surface area (Å²) in [7, 11) is 0. The van der Waals surface area contributed by atoms with Crippen LogP contribution in [0.1, 0.15) is 77.8 Å². The second-order valence-electron chi connectivity index (χ2n) is 36.4. The summed E-state index contributed by atoms with van der Waals surface area (Å²) in [6.45, 7) is 20.0. The number of rotatable bonds is 14. The number of pyridine rings is 3. The monoisotopic (exact) mass is 1760 g/mol. The summed E-state index contributed by atoms with van der Waals surface area (Å²) < 4.78 is 0. The van der Waals surface area contributed by atoms with E-state index in [4.69, 9.17) is 34.9 Å². The molecule has 137 heavy (non-hydrogen) atoms. The van der Waals surface area contributed by atoms with Crippen LogP contribution in [0.3, 0.4) is 0 Å². The van der Waals surface area contributed by atoms with E-state index in [-0.39, 0.29) is 10.8 Å². The molecule has 0 unspecified atom stereocenters. The Labute approximate surface area is 805 Å². The van der Waals surface area contributed by atoms with Crippen LogP contribution >= 0.6 is 0 Å². The summed E-state index contributed by atoms with van der Waals surface area (Å²) in [4.78, 5) is 34.6. The lowest BCUT2D eigenvalue weighted by Gasteiger charge is -2.22. The zero-order valence-corrected chi connectivity index (χ0v) is 78.7. The lowest BCUT2D eigenvalue weighted by molar-refractivity contribution is 0.660. The molecule has 0 aliphatic heterocycles. The second kappa shape index (κ2) is 40.3. The van der Waals surface area contributed by atoms with Crippen molar-refractivity contribution >= 4 is 0 Å². The van der Waals surface area contributed by atoms with Crippen LogP contribution in [0.4, 0.5) is 0 Å². The van der Waals surface area contributed by atoms with Crippen molar-refractivity contribution in [3.63, 3.8) is 0 Å². The molecular formula is C130H105N7. The van der Waals surface area contributed by atoms with Gasteiger partial charge in [0.25, 0.3) is 0 Å². The average molecular weight is 1770 g/mol. The van der Waals surface area contributed by atoms with Crippen LogP contribution in [0.15, 0.2) is 473 Å². The molecule has 660 valence electrons. The molecule has 0 N–H and O–H groups in total. The maximum atomic E-state index is 5.02. The van der Waals surface area contributed by atoms with Crippen LogP contribution in [-0.4, -0.2) is 34.9 Å². The zero-order chi connectivity index (χ0) is 93.8. The van der Waals surface area contributed by atoms with E-state index in [0.29, 0.717) is 0 Å². The Balaban J connectivity index is 0.000000111. The maximum absolute atomic E-state index is 5.02. The Hall–Kier alpha value is -16.9. The number of benzene rings is 16. The Bertz CT molecular complexity index is 7270. The van der Waals surface area contributed by atoms with Gasteiger partial charge in [-0.3, -0.25) is 0 Å². The summed E-state index contributed by atoms with van der Waals surface area (Å²) in [5.41, 5.74) is 44.9. The van der Waals surface area contributed by atoms with Gasteiger partial charge < -0.3 is 0 Å². The van der Waals surface area contributed by atoms with E-state index in [9.17, 15) is 0 Å². The first-order chi connectivity index (χ1) is 66.9. The molecule has 5 aromatic heterocycles. The summed E-state index contributed by atoms with van der Waals surface area (Å²) in [5.74, 6) is 1.50. The lowest BCUT2D eigenvalue weighted by Crippen LogP contribution is -2.15. The first kappa shape index (κ1) is 89.4. The standard InChI is InChI=1S/2C32H26N2.2C24H19N.C18H15N/c1-21-14-16-25-26-17-15-24(19-28(26)32(2,3)27(25)18-21)30-20-29(22-10-6-4-7-11-22)33-31(34-30)23-12-8-5-9-13-23;1-21-14-16-25-26-17-15-24(19-28(26)32(2,3)27(25)18-21)31-33-29(22-10-6-4-7-11-22)20-30(34-31)23-12-8-5-9-13-23;1-18-9-8-14-21(15-18)22-16-23(19-10-4-2-5-11-19)25-24(17-22)20-12-6-3-7-13-20;1-18-12-14-19(15-13-18)22-16-23(20-8-4-2-5-9-20)25-24(17-22)21-10-6-3-7-11-21;1-14-12-17(15-8-4-2-5-9-15)19-18(13-14)16-10-6-3-7-11-16/h2*4-20H,1-3H3;2*2-17H,1H3;2-13H,1H3. The van der Waals surface area contributed by atoms with Gasteiger partial charge >= 0.3 is 0 Å².